The highest BCUT2D eigenvalue weighted by atomic mass is 32.1. The van der Waals surface area contributed by atoms with E-state index in [1.165, 1.54) is 11.3 Å². The largest absolute Gasteiger partial charge is 0.497 e. The SMILES string of the molecule is COc1ccc2sc(C(=O)N3CCC(C)C(O)C3)c(C)c2c1. The third-order valence-corrected chi connectivity index (χ3v) is 5.80. The van der Waals surface area contributed by atoms with E-state index in [0.717, 1.165) is 32.7 Å². The number of aryl methyl sites for hydroxylation is 1. The maximum atomic E-state index is 12.8. The van der Waals surface area contributed by atoms with Crippen LogP contribution >= 0.6 is 11.3 Å². The highest BCUT2D eigenvalue weighted by molar-refractivity contribution is 7.21. The van der Waals surface area contributed by atoms with Gasteiger partial charge in [-0.15, -0.1) is 11.3 Å². The Morgan fingerprint density at radius 2 is 2.23 bits per heavy atom. The lowest BCUT2D eigenvalue weighted by molar-refractivity contribution is 0.0251. The number of hydrogen-bond donors (Lipinski definition) is 1. The van der Waals surface area contributed by atoms with Crippen LogP contribution in [-0.2, 0) is 0 Å². The number of fused-ring (bicyclic) bond motifs is 1. The summed E-state index contributed by atoms with van der Waals surface area (Å²) in [6.45, 7) is 5.16. The normalized spacial score (nSPS) is 22.1. The Labute approximate surface area is 134 Å². The van der Waals surface area contributed by atoms with Crippen molar-refractivity contribution < 1.29 is 14.6 Å². The Morgan fingerprint density at radius 3 is 2.91 bits per heavy atom. The predicted octanol–water partition coefficient (Wildman–Crippen LogP) is 3.06. The fourth-order valence-corrected chi connectivity index (χ4v) is 4.07. The number of aliphatic hydroxyl groups is 1. The van der Waals surface area contributed by atoms with Gasteiger partial charge in [-0.3, -0.25) is 4.79 Å². The summed E-state index contributed by atoms with van der Waals surface area (Å²) in [6, 6.07) is 5.89. The fraction of sp³-hybridized carbons (Fsp3) is 0.471. The van der Waals surface area contributed by atoms with Gasteiger partial charge in [0.25, 0.3) is 5.91 Å². The summed E-state index contributed by atoms with van der Waals surface area (Å²) in [5.41, 5.74) is 0.997. The third kappa shape index (κ3) is 2.59. The molecule has 2 unspecified atom stereocenters. The number of benzene rings is 1. The molecular weight excluding hydrogens is 298 g/mol. The van der Waals surface area contributed by atoms with E-state index < -0.39 is 6.10 Å². The number of likely N-dealkylation sites (tertiary alicyclic amines) is 1. The van der Waals surface area contributed by atoms with Gasteiger partial charge in [-0.2, -0.15) is 0 Å². The molecule has 1 aliphatic rings. The molecule has 1 aromatic carbocycles. The first kappa shape index (κ1) is 15.3. The van der Waals surface area contributed by atoms with Gasteiger partial charge >= 0.3 is 0 Å². The van der Waals surface area contributed by atoms with E-state index in [0.29, 0.717) is 13.1 Å². The minimum absolute atomic E-state index is 0.0311. The lowest BCUT2D eigenvalue weighted by atomic mass is 9.96. The van der Waals surface area contributed by atoms with Crippen LogP contribution in [0.25, 0.3) is 10.1 Å². The first-order valence-corrected chi connectivity index (χ1v) is 8.37. The molecule has 2 atom stereocenters. The number of rotatable bonds is 2. The summed E-state index contributed by atoms with van der Waals surface area (Å²) in [5.74, 6) is 1.09. The van der Waals surface area contributed by atoms with Crippen LogP contribution in [0.2, 0.25) is 0 Å². The van der Waals surface area contributed by atoms with Crippen LogP contribution in [0.5, 0.6) is 5.75 Å². The van der Waals surface area contributed by atoms with Gasteiger partial charge < -0.3 is 14.7 Å². The van der Waals surface area contributed by atoms with E-state index >= 15 is 0 Å². The molecule has 1 N–H and O–H groups in total. The van der Waals surface area contributed by atoms with Crippen molar-refractivity contribution in [3.63, 3.8) is 0 Å². The number of hydrogen-bond acceptors (Lipinski definition) is 4. The summed E-state index contributed by atoms with van der Waals surface area (Å²) < 4.78 is 6.36. The molecule has 1 fully saturated rings. The smallest absolute Gasteiger partial charge is 0.264 e. The van der Waals surface area contributed by atoms with Crippen molar-refractivity contribution in [2.45, 2.75) is 26.4 Å². The molecule has 4 nitrogen and oxygen atoms in total. The summed E-state index contributed by atoms with van der Waals surface area (Å²) in [5, 5.41) is 11.1. The number of methoxy groups -OCH3 is 1. The van der Waals surface area contributed by atoms with Gasteiger partial charge in [0.05, 0.1) is 18.1 Å². The van der Waals surface area contributed by atoms with E-state index in [2.05, 4.69) is 0 Å². The van der Waals surface area contributed by atoms with Gasteiger partial charge in [-0.05, 0) is 48.4 Å². The van der Waals surface area contributed by atoms with E-state index in [1.54, 1.807) is 12.0 Å². The van der Waals surface area contributed by atoms with Crippen molar-refractivity contribution >= 4 is 27.3 Å². The third-order valence-electron chi connectivity index (χ3n) is 4.54. The number of piperidine rings is 1. The molecule has 1 amide bonds. The quantitative estimate of drug-likeness (QED) is 0.925. The van der Waals surface area contributed by atoms with Gasteiger partial charge in [0, 0.05) is 17.8 Å². The number of nitrogens with zero attached hydrogens (tertiary/aromatic N) is 1. The summed E-state index contributed by atoms with van der Waals surface area (Å²) in [6.07, 6.45) is 0.428. The van der Waals surface area contributed by atoms with Gasteiger partial charge in [0.1, 0.15) is 5.75 Å². The topological polar surface area (TPSA) is 49.8 Å². The van der Waals surface area contributed by atoms with Crippen molar-refractivity contribution in [1.29, 1.82) is 0 Å². The lowest BCUT2D eigenvalue weighted by Crippen LogP contribution is -2.45. The Balaban J connectivity index is 1.92. The van der Waals surface area contributed by atoms with Gasteiger partial charge in [0.2, 0.25) is 0 Å². The second-order valence-corrected chi connectivity index (χ2v) is 7.05. The molecular formula is C17H21NO3S. The molecule has 5 heteroatoms. The molecule has 2 aromatic rings. The van der Waals surface area contributed by atoms with Crippen LogP contribution in [-0.4, -0.2) is 42.2 Å². The standard InChI is InChI=1S/C17H21NO3S/c1-10-6-7-18(9-14(10)19)17(20)16-11(2)13-8-12(21-3)4-5-15(13)22-16/h4-5,8,10,14,19H,6-7,9H2,1-3H3. The molecule has 0 bridgehead atoms. The minimum Gasteiger partial charge on any atom is -0.497 e. The Kier molecular flexibility index (Phi) is 4.10. The molecule has 22 heavy (non-hydrogen) atoms. The number of aliphatic hydroxyl groups excluding tert-OH is 1. The lowest BCUT2D eigenvalue weighted by Gasteiger charge is -2.34. The van der Waals surface area contributed by atoms with Gasteiger partial charge in [-0.1, -0.05) is 6.92 Å². The molecule has 2 heterocycles. The first-order valence-electron chi connectivity index (χ1n) is 7.55. The minimum atomic E-state index is -0.424. The Bertz CT molecular complexity index is 709. The van der Waals surface area contributed by atoms with E-state index in [1.807, 2.05) is 32.0 Å². The van der Waals surface area contributed by atoms with E-state index in [9.17, 15) is 9.90 Å². The molecule has 1 aromatic heterocycles. The molecule has 3 rings (SSSR count). The maximum absolute atomic E-state index is 12.8. The van der Waals surface area contributed by atoms with Crippen LogP contribution in [0.4, 0.5) is 0 Å². The van der Waals surface area contributed by atoms with Crippen LogP contribution in [0, 0.1) is 12.8 Å². The molecule has 1 aliphatic heterocycles. The average Bonchev–Trinajstić information content (AvgIpc) is 2.85. The van der Waals surface area contributed by atoms with E-state index in [-0.39, 0.29) is 11.8 Å². The Morgan fingerprint density at radius 1 is 1.45 bits per heavy atom. The van der Waals surface area contributed by atoms with Crippen LogP contribution in [0.3, 0.4) is 0 Å². The second-order valence-electron chi connectivity index (χ2n) is 6.00. The number of carbonyl (C=O) groups is 1. The molecule has 118 valence electrons. The maximum Gasteiger partial charge on any atom is 0.264 e. The number of thiophene rings is 1. The number of carbonyl (C=O) groups excluding carboxylic acids is 1. The van der Waals surface area contributed by atoms with Gasteiger partial charge in [-0.25, -0.2) is 0 Å². The fourth-order valence-electron chi connectivity index (χ4n) is 2.91. The highest BCUT2D eigenvalue weighted by Crippen LogP contribution is 2.34. The van der Waals surface area contributed by atoms with Crippen LogP contribution in [0.15, 0.2) is 18.2 Å². The van der Waals surface area contributed by atoms with E-state index in [4.69, 9.17) is 4.74 Å². The van der Waals surface area contributed by atoms with Crippen molar-refractivity contribution in [3.8, 4) is 5.75 Å². The zero-order chi connectivity index (χ0) is 15.9. The molecule has 0 aliphatic carbocycles. The van der Waals surface area contributed by atoms with Crippen molar-refractivity contribution in [1.82, 2.24) is 4.90 Å². The summed E-state index contributed by atoms with van der Waals surface area (Å²) in [4.78, 5) is 15.3. The predicted molar refractivity (Wildman–Crippen MR) is 88.8 cm³/mol. The van der Waals surface area contributed by atoms with Crippen molar-refractivity contribution in [2.75, 3.05) is 20.2 Å². The molecule has 0 spiro atoms. The van der Waals surface area contributed by atoms with Crippen LogP contribution in [0.1, 0.15) is 28.6 Å². The number of β-amino-alcohol motifs (C(OH)–C–C–N with tert-alkyl or cyclic N) is 1. The number of amides is 1. The highest BCUT2D eigenvalue weighted by Gasteiger charge is 2.29. The van der Waals surface area contributed by atoms with Gasteiger partial charge in [0.15, 0.2) is 0 Å². The van der Waals surface area contributed by atoms with Crippen molar-refractivity contribution in [3.05, 3.63) is 28.6 Å². The average molecular weight is 319 g/mol. The van der Waals surface area contributed by atoms with Crippen molar-refractivity contribution in [2.24, 2.45) is 5.92 Å². The van der Waals surface area contributed by atoms with Crippen LogP contribution < -0.4 is 4.74 Å². The zero-order valence-electron chi connectivity index (χ0n) is 13.1. The second kappa shape index (κ2) is 5.89. The number of ether oxygens (including phenoxy) is 1. The Hall–Kier alpha value is -1.59. The molecule has 1 saturated heterocycles. The summed E-state index contributed by atoms with van der Waals surface area (Å²) in [7, 11) is 1.64. The first-order chi connectivity index (χ1) is 10.5. The molecule has 0 radical (unpaired) electrons. The zero-order valence-corrected chi connectivity index (χ0v) is 13.9. The summed E-state index contributed by atoms with van der Waals surface area (Å²) >= 11 is 1.52. The monoisotopic (exact) mass is 319 g/mol. The molecule has 0 saturated carbocycles.